The fraction of sp³-hybridized carbons (Fsp3) is 0.688. The van der Waals surface area contributed by atoms with E-state index in [0.717, 1.165) is 55.4 Å². The number of hydrogen-bond acceptors (Lipinski definition) is 6. The van der Waals surface area contributed by atoms with Crippen LogP contribution in [0.3, 0.4) is 0 Å². The Morgan fingerprint density at radius 1 is 1.16 bits per heavy atom. The monoisotopic (exact) mass is 628 g/mol. The molecule has 1 N–H and O–H groups in total. The van der Waals surface area contributed by atoms with Gasteiger partial charge in [0.25, 0.3) is 0 Å². The van der Waals surface area contributed by atoms with Crippen molar-refractivity contribution in [1.29, 1.82) is 0 Å². The van der Waals surface area contributed by atoms with Crippen LogP contribution in [0.25, 0.3) is 0 Å². The minimum atomic E-state index is -4.60. The van der Waals surface area contributed by atoms with Gasteiger partial charge in [0.15, 0.2) is 5.69 Å². The summed E-state index contributed by atoms with van der Waals surface area (Å²) in [6.07, 6.45) is 8.82. The quantitative estimate of drug-likeness (QED) is 0.159. The van der Waals surface area contributed by atoms with Gasteiger partial charge in [-0.25, -0.2) is 15.0 Å². The van der Waals surface area contributed by atoms with Crippen molar-refractivity contribution in [2.24, 2.45) is 5.92 Å². The molecule has 0 spiro atoms. The van der Waals surface area contributed by atoms with Crippen LogP contribution in [0.4, 0.5) is 30.5 Å². The molecule has 1 aromatic heterocycles. The van der Waals surface area contributed by atoms with E-state index in [1.165, 1.54) is 11.0 Å². The molecule has 0 saturated heterocycles. The summed E-state index contributed by atoms with van der Waals surface area (Å²) < 4.78 is 53.9. The van der Waals surface area contributed by atoms with Gasteiger partial charge < -0.3 is 19.7 Å². The smallest absolute Gasteiger partial charge is 0.434 e. The van der Waals surface area contributed by atoms with Crippen LogP contribution in [0.1, 0.15) is 83.4 Å². The van der Waals surface area contributed by atoms with E-state index in [-0.39, 0.29) is 31.0 Å². The lowest BCUT2D eigenvalue weighted by molar-refractivity contribution is -0.143. The van der Waals surface area contributed by atoms with Gasteiger partial charge in [-0.1, -0.05) is 46.1 Å². The molecule has 2 aromatic rings. The van der Waals surface area contributed by atoms with E-state index in [9.17, 15) is 18.0 Å². The molecule has 0 unspecified atom stereocenters. The van der Waals surface area contributed by atoms with Crippen molar-refractivity contribution in [1.82, 2.24) is 9.55 Å². The molecular formula is C32H51F3N4O3S. The van der Waals surface area contributed by atoms with E-state index in [2.05, 4.69) is 47.8 Å². The highest BCUT2D eigenvalue weighted by atomic mass is 32.3. The number of benzene rings is 1. The first-order chi connectivity index (χ1) is 20.2. The van der Waals surface area contributed by atoms with Crippen LogP contribution >= 0.6 is 10.0 Å². The zero-order chi connectivity index (χ0) is 31.8. The summed E-state index contributed by atoms with van der Waals surface area (Å²) in [4.78, 5) is 18.6. The fourth-order valence-corrected chi connectivity index (χ4v) is 5.99. The Hall–Kier alpha value is -2.40. The van der Waals surface area contributed by atoms with E-state index in [0.29, 0.717) is 30.9 Å². The Bertz CT molecular complexity index is 1170. The van der Waals surface area contributed by atoms with Crippen molar-refractivity contribution < 1.29 is 27.4 Å². The van der Waals surface area contributed by atoms with Gasteiger partial charge in [-0.15, -0.1) is 0 Å². The largest absolute Gasteiger partial charge is 0.466 e. The molecule has 1 atom stereocenters. The van der Waals surface area contributed by atoms with Gasteiger partial charge in [0.05, 0.1) is 31.0 Å². The Labute approximate surface area is 257 Å². The number of carbonyl (C=O) groups is 1. The summed E-state index contributed by atoms with van der Waals surface area (Å²) in [6.45, 7) is 9.62. The number of imidazole rings is 1. The Balaban J connectivity index is 2.03. The van der Waals surface area contributed by atoms with Gasteiger partial charge in [0.2, 0.25) is 5.95 Å². The molecule has 1 fully saturated rings. The van der Waals surface area contributed by atoms with Gasteiger partial charge in [-0.3, -0.25) is 9.36 Å². The Morgan fingerprint density at radius 2 is 1.86 bits per heavy atom. The van der Waals surface area contributed by atoms with Crippen LogP contribution < -0.4 is 10.2 Å². The summed E-state index contributed by atoms with van der Waals surface area (Å²) in [5.41, 5.74) is 1.51. The number of esters is 1. The van der Waals surface area contributed by atoms with Gasteiger partial charge in [0.1, 0.15) is 6.73 Å². The van der Waals surface area contributed by atoms with Crippen LogP contribution in [-0.2, 0) is 27.2 Å². The number of nitrogens with zero attached hydrogens (tertiary/aromatic N) is 3. The van der Waals surface area contributed by atoms with E-state index in [1.807, 2.05) is 25.1 Å². The molecule has 0 amide bonds. The zero-order valence-electron chi connectivity index (χ0n) is 26.9. The van der Waals surface area contributed by atoms with Crippen molar-refractivity contribution in [2.45, 2.75) is 91.1 Å². The van der Waals surface area contributed by atoms with E-state index < -0.39 is 21.9 Å². The zero-order valence-corrected chi connectivity index (χ0v) is 27.7. The highest BCUT2D eigenvalue weighted by Gasteiger charge is 2.35. The van der Waals surface area contributed by atoms with E-state index in [1.54, 1.807) is 6.92 Å². The molecule has 1 aliphatic rings. The van der Waals surface area contributed by atoms with Gasteiger partial charge in [0, 0.05) is 24.5 Å². The molecule has 1 aliphatic carbocycles. The number of hydrogen-bond donors (Lipinski definition) is 1. The molecule has 3 rings (SSSR count). The first kappa shape index (κ1) is 35.1. The minimum absolute atomic E-state index is 0.0481. The first-order valence-corrected chi connectivity index (χ1v) is 18.4. The van der Waals surface area contributed by atoms with Crippen LogP contribution in [0.5, 0.6) is 0 Å². The molecule has 7 nitrogen and oxygen atoms in total. The summed E-state index contributed by atoms with van der Waals surface area (Å²) in [5, 5.41) is 3.28. The SMILES string of the molecule is CCOC(=O)C[C@@H](C)c1ccc(N(CC(C)C)C2CCCCC2)c(Nc2nc(C(F)(F)F)cn2COCCS(C)(C)C)c1. The second-order valence-corrected chi connectivity index (χ2v) is 17.5. The molecule has 11 heteroatoms. The lowest BCUT2D eigenvalue weighted by atomic mass is 9.92. The van der Waals surface area contributed by atoms with Crippen LogP contribution in [0, 0.1) is 5.92 Å². The Morgan fingerprint density at radius 3 is 2.47 bits per heavy atom. The molecule has 0 bridgehead atoms. The van der Waals surface area contributed by atoms with Gasteiger partial charge in [-0.2, -0.15) is 13.2 Å². The summed E-state index contributed by atoms with van der Waals surface area (Å²) >= 11 is 0. The second-order valence-electron chi connectivity index (χ2n) is 12.9. The molecule has 0 aliphatic heterocycles. The maximum absolute atomic E-state index is 13.8. The normalized spacial score (nSPS) is 15.9. The predicted octanol–water partition coefficient (Wildman–Crippen LogP) is 8.17. The van der Waals surface area contributed by atoms with Gasteiger partial charge >= 0.3 is 12.1 Å². The second kappa shape index (κ2) is 15.5. The average Bonchev–Trinajstić information content (AvgIpc) is 3.33. The fourth-order valence-electron chi connectivity index (χ4n) is 5.37. The van der Waals surface area contributed by atoms with Crippen molar-refractivity contribution in [3.63, 3.8) is 0 Å². The lowest BCUT2D eigenvalue weighted by Crippen LogP contribution is -2.39. The highest BCUT2D eigenvalue weighted by molar-refractivity contribution is 8.32. The summed E-state index contributed by atoms with van der Waals surface area (Å²) in [6, 6.07) is 6.35. The molecule has 43 heavy (non-hydrogen) atoms. The predicted molar refractivity (Wildman–Crippen MR) is 172 cm³/mol. The van der Waals surface area contributed by atoms with Crippen molar-refractivity contribution in [2.75, 3.05) is 54.5 Å². The van der Waals surface area contributed by atoms with Crippen LogP contribution in [0.15, 0.2) is 24.4 Å². The number of carbonyl (C=O) groups excluding carboxylic acids is 1. The van der Waals surface area contributed by atoms with Crippen molar-refractivity contribution >= 4 is 33.3 Å². The number of alkyl halides is 3. The molecule has 1 aromatic carbocycles. The van der Waals surface area contributed by atoms with Crippen molar-refractivity contribution in [3.05, 3.63) is 35.7 Å². The number of nitrogens with one attached hydrogen (secondary N) is 1. The van der Waals surface area contributed by atoms with Crippen molar-refractivity contribution in [3.8, 4) is 0 Å². The third-order valence-electron chi connectivity index (χ3n) is 7.64. The molecule has 1 heterocycles. The topological polar surface area (TPSA) is 68.6 Å². The first-order valence-electron chi connectivity index (χ1n) is 15.4. The summed E-state index contributed by atoms with van der Waals surface area (Å²) in [7, 11) is -0.801. The maximum atomic E-state index is 13.8. The minimum Gasteiger partial charge on any atom is -0.466 e. The van der Waals surface area contributed by atoms with Gasteiger partial charge in [-0.05, 0) is 68.1 Å². The van der Waals surface area contributed by atoms with E-state index >= 15 is 0 Å². The van der Waals surface area contributed by atoms with Crippen LogP contribution in [-0.4, -0.2) is 65.8 Å². The van der Waals surface area contributed by atoms with Crippen LogP contribution in [0.2, 0.25) is 0 Å². The standard InChI is InChI=1S/C32H51F3N4O3S/c1-8-42-30(40)18-24(4)25-14-15-28(39(20-23(2)3)26-12-10-9-11-13-26)27(19-25)36-31-37-29(32(33,34)35)21-38(31)22-41-16-17-43(5,6)7/h14-15,19,21,23-24,26H,8-13,16-18,20,22H2,1-7H3,(H,36,37)/t24-/m1/s1. The summed E-state index contributed by atoms with van der Waals surface area (Å²) in [5.74, 6) is 0.883. The maximum Gasteiger partial charge on any atom is 0.434 e. The third-order valence-corrected chi connectivity index (χ3v) is 9.03. The molecular weight excluding hydrogens is 577 g/mol. The lowest BCUT2D eigenvalue weighted by Gasteiger charge is -2.38. The molecule has 244 valence electrons. The Kier molecular flexibility index (Phi) is 12.7. The number of rotatable bonds is 15. The number of anilines is 3. The third kappa shape index (κ3) is 10.9. The number of ether oxygens (including phenoxy) is 2. The molecule has 1 saturated carbocycles. The highest BCUT2D eigenvalue weighted by Crippen LogP contribution is 2.38. The molecule has 0 radical (unpaired) electrons. The average molecular weight is 629 g/mol. The number of halogens is 3. The van der Waals surface area contributed by atoms with E-state index in [4.69, 9.17) is 9.47 Å². The number of aromatic nitrogens is 2.